The summed E-state index contributed by atoms with van der Waals surface area (Å²) in [5.74, 6) is 0.386. The van der Waals surface area contributed by atoms with Gasteiger partial charge in [-0.1, -0.05) is 0 Å². The SMILES string of the molecule is COC(=O)C1C2CN(c3cc(-c4c[nH]c(=O)[nH]c4=O)nn4ccnc34)CC21. The molecule has 2 aliphatic rings. The number of fused-ring (bicyclic) bond motifs is 2. The highest BCUT2D eigenvalue weighted by Gasteiger charge is 2.60. The largest absolute Gasteiger partial charge is 0.469 e. The number of hydrogen-bond acceptors (Lipinski definition) is 7. The zero-order chi connectivity index (χ0) is 18.7. The van der Waals surface area contributed by atoms with Crippen molar-refractivity contribution in [1.82, 2.24) is 24.6 Å². The van der Waals surface area contributed by atoms with Crippen molar-refractivity contribution < 1.29 is 9.53 Å². The van der Waals surface area contributed by atoms with E-state index in [1.54, 1.807) is 23.0 Å². The number of carbonyl (C=O) groups excluding carboxylic acids is 1. The maximum atomic E-state index is 12.2. The van der Waals surface area contributed by atoms with Gasteiger partial charge < -0.3 is 14.6 Å². The van der Waals surface area contributed by atoms with E-state index in [4.69, 9.17) is 4.74 Å². The van der Waals surface area contributed by atoms with Crippen molar-refractivity contribution in [3.63, 3.8) is 0 Å². The van der Waals surface area contributed by atoms with E-state index >= 15 is 0 Å². The Labute approximate surface area is 151 Å². The smallest absolute Gasteiger partial charge is 0.325 e. The van der Waals surface area contributed by atoms with Crippen LogP contribution in [0.2, 0.25) is 0 Å². The number of ether oxygens (including phenoxy) is 1. The molecule has 1 aliphatic carbocycles. The molecule has 138 valence electrons. The van der Waals surface area contributed by atoms with Crippen LogP contribution in [0.25, 0.3) is 16.9 Å². The summed E-state index contributed by atoms with van der Waals surface area (Å²) < 4.78 is 6.47. The quantitative estimate of drug-likeness (QED) is 0.604. The number of imidazole rings is 1. The predicted molar refractivity (Wildman–Crippen MR) is 94.4 cm³/mol. The van der Waals surface area contributed by atoms with Crippen molar-refractivity contribution in [2.24, 2.45) is 17.8 Å². The molecule has 3 aromatic rings. The van der Waals surface area contributed by atoms with Crippen LogP contribution in [-0.2, 0) is 9.53 Å². The van der Waals surface area contributed by atoms with Crippen molar-refractivity contribution in [2.45, 2.75) is 0 Å². The molecule has 5 rings (SSSR count). The molecular formula is C17H16N6O4. The minimum absolute atomic E-state index is 0.0228. The summed E-state index contributed by atoms with van der Waals surface area (Å²) >= 11 is 0. The molecular weight excluding hydrogens is 352 g/mol. The van der Waals surface area contributed by atoms with Crippen molar-refractivity contribution >= 4 is 17.3 Å². The summed E-state index contributed by atoms with van der Waals surface area (Å²) in [5.41, 5.74) is 1.14. The second-order valence-corrected chi connectivity index (χ2v) is 6.88. The summed E-state index contributed by atoms with van der Waals surface area (Å²) in [6.07, 6.45) is 4.70. The minimum Gasteiger partial charge on any atom is -0.469 e. The van der Waals surface area contributed by atoms with Gasteiger partial charge in [0.15, 0.2) is 5.65 Å². The van der Waals surface area contributed by atoms with E-state index < -0.39 is 11.2 Å². The van der Waals surface area contributed by atoms with Gasteiger partial charge in [-0.15, -0.1) is 0 Å². The molecule has 2 fully saturated rings. The van der Waals surface area contributed by atoms with Crippen LogP contribution >= 0.6 is 0 Å². The Morgan fingerprint density at radius 1 is 1.30 bits per heavy atom. The van der Waals surface area contributed by atoms with Crippen LogP contribution in [0.1, 0.15) is 0 Å². The third-order valence-corrected chi connectivity index (χ3v) is 5.44. The van der Waals surface area contributed by atoms with Crippen LogP contribution in [0, 0.1) is 17.8 Å². The van der Waals surface area contributed by atoms with Gasteiger partial charge in [0, 0.05) is 31.7 Å². The van der Waals surface area contributed by atoms with Crippen molar-refractivity contribution in [1.29, 1.82) is 0 Å². The maximum Gasteiger partial charge on any atom is 0.325 e. The van der Waals surface area contributed by atoms with E-state index in [0.29, 0.717) is 11.3 Å². The van der Waals surface area contributed by atoms with E-state index in [-0.39, 0.29) is 29.3 Å². The van der Waals surface area contributed by atoms with Gasteiger partial charge in [-0.05, 0) is 17.9 Å². The lowest BCUT2D eigenvalue weighted by atomic mass is 10.2. The molecule has 10 nitrogen and oxygen atoms in total. The lowest BCUT2D eigenvalue weighted by Gasteiger charge is -2.22. The number of piperidine rings is 1. The number of anilines is 1. The fraction of sp³-hybridized carbons (Fsp3) is 0.353. The van der Waals surface area contributed by atoms with Gasteiger partial charge in [0.25, 0.3) is 5.56 Å². The van der Waals surface area contributed by atoms with Gasteiger partial charge in [-0.3, -0.25) is 14.6 Å². The molecule has 0 bridgehead atoms. The lowest BCUT2D eigenvalue weighted by molar-refractivity contribution is -0.142. The normalized spacial score (nSPS) is 23.4. The number of aromatic amines is 2. The molecule has 0 aromatic carbocycles. The third kappa shape index (κ3) is 2.36. The number of hydrogen-bond donors (Lipinski definition) is 2. The van der Waals surface area contributed by atoms with Gasteiger partial charge in [-0.25, -0.2) is 14.3 Å². The highest BCUT2D eigenvalue weighted by atomic mass is 16.5. The summed E-state index contributed by atoms with van der Waals surface area (Å²) in [5, 5.41) is 4.43. The van der Waals surface area contributed by atoms with Gasteiger partial charge in [-0.2, -0.15) is 5.10 Å². The molecule has 2 unspecified atom stereocenters. The number of rotatable bonds is 3. The Balaban J connectivity index is 1.54. The summed E-state index contributed by atoms with van der Waals surface area (Å²) in [6, 6.07) is 1.79. The van der Waals surface area contributed by atoms with Crippen molar-refractivity contribution in [3.05, 3.63) is 45.5 Å². The van der Waals surface area contributed by atoms with Crippen LogP contribution in [0.4, 0.5) is 5.69 Å². The Kier molecular flexibility index (Phi) is 3.24. The first-order valence-electron chi connectivity index (χ1n) is 8.56. The fourth-order valence-electron chi connectivity index (χ4n) is 4.07. The number of H-pyrrole nitrogens is 2. The number of nitrogens with zero attached hydrogens (tertiary/aromatic N) is 4. The lowest BCUT2D eigenvalue weighted by Crippen LogP contribution is -2.27. The summed E-state index contributed by atoms with van der Waals surface area (Å²) in [6.45, 7) is 1.44. The minimum atomic E-state index is -0.568. The van der Waals surface area contributed by atoms with Crippen LogP contribution < -0.4 is 16.1 Å². The molecule has 1 aliphatic heterocycles. The van der Waals surface area contributed by atoms with E-state index in [0.717, 1.165) is 18.8 Å². The average molecular weight is 368 g/mol. The van der Waals surface area contributed by atoms with E-state index in [1.807, 2.05) is 0 Å². The zero-order valence-corrected chi connectivity index (χ0v) is 14.4. The van der Waals surface area contributed by atoms with E-state index in [1.165, 1.54) is 13.3 Å². The third-order valence-electron chi connectivity index (χ3n) is 5.44. The van der Waals surface area contributed by atoms with Gasteiger partial charge in [0.1, 0.15) is 5.69 Å². The van der Waals surface area contributed by atoms with Crippen LogP contribution in [0.5, 0.6) is 0 Å². The molecule has 0 amide bonds. The van der Waals surface area contributed by atoms with Gasteiger partial charge in [0.2, 0.25) is 0 Å². The Bertz CT molecular complexity index is 1170. The first kappa shape index (κ1) is 15.8. The predicted octanol–water partition coefficient (Wildman–Crippen LogP) is -0.372. The Morgan fingerprint density at radius 3 is 2.78 bits per heavy atom. The molecule has 0 spiro atoms. The highest BCUT2D eigenvalue weighted by molar-refractivity contribution is 5.79. The first-order chi connectivity index (χ1) is 13.1. The molecule has 2 N–H and O–H groups in total. The average Bonchev–Trinajstić information content (AvgIpc) is 3.02. The van der Waals surface area contributed by atoms with Crippen LogP contribution in [-0.4, -0.2) is 50.7 Å². The monoisotopic (exact) mass is 368 g/mol. The molecule has 0 radical (unpaired) electrons. The maximum absolute atomic E-state index is 12.2. The Hall–Kier alpha value is -3.43. The second-order valence-electron chi connectivity index (χ2n) is 6.88. The molecule has 1 saturated heterocycles. The number of esters is 1. The van der Waals surface area contributed by atoms with Crippen LogP contribution in [0.3, 0.4) is 0 Å². The molecule has 27 heavy (non-hydrogen) atoms. The standard InChI is InChI=1S/C17H16N6O4/c1-27-16(25)13-9-6-22(7-10(9)13)12-4-11(21-23-3-2-18-14(12)23)8-5-19-17(26)20-15(8)24/h2-5,9-10,13H,6-7H2,1H3,(H2,19,20,24,26). The Morgan fingerprint density at radius 2 is 2.07 bits per heavy atom. The molecule has 2 atom stereocenters. The molecule has 3 aromatic heterocycles. The van der Waals surface area contributed by atoms with Crippen LogP contribution in [0.15, 0.2) is 34.2 Å². The van der Waals surface area contributed by atoms with Crippen molar-refractivity contribution in [3.8, 4) is 11.3 Å². The first-order valence-corrected chi connectivity index (χ1v) is 8.56. The van der Waals surface area contributed by atoms with Gasteiger partial charge >= 0.3 is 11.7 Å². The number of carbonyl (C=O) groups is 1. The number of aromatic nitrogens is 5. The highest BCUT2D eigenvalue weighted by Crippen LogP contribution is 2.53. The number of methoxy groups -OCH3 is 1. The topological polar surface area (TPSA) is 125 Å². The molecule has 1 saturated carbocycles. The molecule has 4 heterocycles. The van der Waals surface area contributed by atoms with E-state index in [9.17, 15) is 14.4 Å². The number of nitrogens with one attached hydrogen (secondary N) is 2. The van der Waals surface area contributed by atoms with Crippen molar-refractivity contribution in [2.75, 3.05) is 25.1 Å². The van der Waals surface area contributed by atoms with Gasteiger partial charge in [0.05, 0.1) is 24.3 Å². The van der Waals surface area contributed by atoms with E-state index in [2.05, 4.69) is 25.0 Å². The molecule has 10 heteroatoms. The second kappa shape index (κ2) is 5.53. The summed E-state index contributed by atoms with van der Waals surface area (Å²) in [7, 11) is 1.42. The summed E-state index contributed by atoms with van der Waals surface area (Å²) in [4.78, 5) is 46.4. The fourth-order valence-corrected chi connectivity index (χ4v) is 4.07. The zero-order valence-electron chi connectivity index (χ0n) is 14.4.